The van der Waals surface area contributed by atoms with Gasteiger partial charge in [0, 0.05) is 4.91 Å². The molecule has 0 aliphatic heterocycles. The maximum atomic E-state index is 8.61. The van der Waals surface area contributed by atoms with Crippen LogP contribution < -0.4 is 0 Å². The van der Waals surface area contributed by atoms with Crippen LogP contribution >= 0.6 is 0 Å². The number of hydrogen-bond acceptors (Lipinski definition) is 1. The fourth-order valence-electron chi connectivity index (χ4n) is 3.13. The molecule has 0 spiro atoms. The van der Waals surface area contributed by atoms with E-state index in [0.29, 0.717) is 5.92 Å². The molecule has 0 heterocycles. The van der Waals surface area contributed by atoms with Crippen LogP contribution in [0.4, 0.5) is 0 Å². The van der Waals surface area contributed by atoms with E-state index in [0.717, 1.165) is 12.8 Å². The lowest BCUT2D eigenvalue weighted by molar-refractivity contribution is 0.131. The van der Waals surface area contributed by atoms with Crippen molar-refractivity contribution in [3.8, 4) is 0 Å². The fourth-order valence-corrected chi connectivity index (χ4v) is 3.13. The highest BCUT2D eigenvalue weighted by Gasteiger charge is 2.41. The molecule has 72 valence electrons. The standard InChI is InChI=1S/C10H17N3/c11-13-12-10-7-3-1-5-9(10)6-2-4-8-10/h9H,1-8H2. The molecule has 0 amide bonds. The monoisotopic (exact) mass is 179 g/mol. The molecule has 13 heavy (non-hydrogen) atoms. The Kier molecular flexibility index (Phi) is 2.45. The molecular formula is C10H17N3. The molecule has 0 aromatic rings. The van der Waals surface area contributed by atoms with Crippen LogP contribution in [-0.2, 0) is 0 Å². The van der Waals surface area contributed by atoms with Gasteiger partial charge in [-0.2, -0.15) is 0 Å². The Morgan fingerprint density at radius 3 is 2.23 bits per heavy atom. The molecule has 2 aliphatic rings. The lowest BCUT2D eigenvalue weighted by Crippen LogP contribution is -2.40. The predicted octanol–water partition coefficient (Wildman–Crippen LogP) is 3.80. The third kappa shape index (κ3) is 1.53. The van der Waals surface area contributed by atoms with Gasteiger partial charge in [0.1, 0.15) is 0 Å². The number of nitrogens with zero attached hydrogens (tertiary/aromatic N) is 3. The highest BCUT2D eigenvalue weighted by Crippen LogP contribution is 2.46. The number of fused-ring (bicyclic) bond motifs is 1. The van der Waals surface area contributed by atoms with E-state index in [-0.39, 0.29) is 5.54 Å². The van der Waals surface area contributed by atoms with Crippen LogP contribution in [-0.4, -0.2) is 5.54 Å². The molecule has 3 nitrogen and oxygen atoms in total. The van der Waals surface area contributed by atoms with Crippen molar-refractivity contribution in [2.75, 3.05) is 0 Å². The Bertz CT molecular complexity index is 218. The Morgan fingerprint density at radius 2 is 1.69 bits per heavy atom. The van der Waals surface area contributed by atoms with Crippen LogP contribution in [0.2, 0.25) is 0 Å². The van der Waals surface area contributed by atoms with Crippen molar-refractivity contribution in [2.24, 2.45) is 11.0 Å². The molecule has 0 radical (unpaired) electrons. The first-order chi connectivity index (χ1) is 6.37. The second-order valence-electron chi connectivity index (χ2n) is 4.48. The highest BCUT2D eigenvalue weighted by atomic mass is 15.2. The summed E-state index contributed by atoms with van der Waals surface area (Å²) in [4.78, 5) is 3.06. The fraction of sp³-hybridized carbons (Fsp3) is 1.00. The van der Waals surface area contributed by atoms with Crippen LogP contribution in [0, 0.1) is 5.92 Å². The molecule has 2 aliphatic carbocycles. The van der Waals surface area contributed by atoms with E-state index in [2.05, 4.69) is 10.0 Å². The normalized spacial score (nSPS) is 38.9. The van der Waals surface area contributed by atoms with E-state index >= 15 is 0 Å². The van der Waals surface area contributed by atoms with Crippen molar-refractivity contribution >= 4 is 0 Å². The van der Waals surface area contributed by atoms with E-state index in [1.54, 1.807) is 0 Å². The van der Waals surface area contributed by atoms with Gasteiger partial charge in [0.05, 0.1) is 5.54 Å². The van der Waals surface area contributed by atoms with E-state index in [9.17, 15) is 0 Å². The first-order valence-electron chi connectivity index (χ1n) is 5.44. The van der Waals surface area contributed by atoms with E-state index in [1.165, 1.54) is 38.5 Å². The summed E-state index contributed by atoms with van der Waals surface area (Å²) < 4.78 is 0. The van der Waals surface area contributed by atoms with Gasteiger partial charge in [-0.05, 0) is 37.1 Å². The molecule has 0 aromatic carbocycles. The molecule has 0 atom stereocenters. The summed E-state index contributed by atoms with van der Waals surface area (Å²) in [6.07, 6.45) is 10.1. The van der Waals surface area contributed by atoms with Crippen LogP contribution in [0.5, 0.6) is 0 Å². The van der Waals surface area contributed by atoms with Crippen molar-refractivity contribution in [3.05, 3.63) is 10.4 Å². The van der Waals surface area contributed by atoms with Crippen molar-refractivity contribution < 1.29 is 0 Å². The first kappa shape index (κ1) is 8.89. The Morgan fingerprint density at radius 1 is 1.08 bits per heavy atom. The second-order valence-corrected chi connectivity index (χ2v) is 4.48. The van der Waals surface area contributed by atoms with Crippen molar-refractivity contribution in [1.82, 2.24) is 0 Å². The minimum absolute atomic E-state index is 0.0330. The van der Waals surface area contributed by atoms with Crippen LogP contribution in [0.25, 0.3) is 10.4 Å². The number of rotatable bonds is 1. The molecule has 3 heteroatoms. The van der Waals surface area contributed by atoms with Crippen LogP contribution in [0.3, 0.4) is 0 Å². The highest BCUT2D eigenvalue weighted by molar-refractivity contribution is 4.99. The molecule has 0 unspecified atom stereocenters. The van der Waals surface area contributed by atoms with Gasteiger partial charge in [-0.15, -0.1) is 0 Å². The third-order valence-electron chi connectivity index (χ3n) is 3.83. The van der Waals surface area contributed by atoms with E-state index in [1.807, 2.05) is 0 Å². The minimum atomic E-state index is 0.0330. The zero-order chi connectivity index (χ0) is 9.15. The van der Waals surface area contributed by atoms with Gasteiger partial charge < -0.3 is 0 Å². The maximum absolute atomic E-state index is 8.61. The Hall–Kier alpha value is -0.690. The van der Waals surface area contributed by atoms with Gasteiger partial charge in [0.25, 0.3) is 0 Å². The van der Waals surface area contributed by atoms with Gasteiger partial charge in [-0.3, -0.25) is 0 Å². The SMILES string of the molecule is [N-]=[N+]=NC12CCCCC1CCCC2. The first-order valence-corrected chi connectivity index (χ1v) is 5.44. The number of azide groups is 1. The lowest BCUT2D eigenvalue weighted by Gasteiger charge is -2.44. The smallest absolute Gasteiger partial charge is 0.0516 e. The molecule has 0 aromatic heterocycles. The van der Waals surface area contributed by atoms with Crippen molar-refractivity contribution in [1.29, 1.82) is 0 Å². The summed E-state index contributed by atoms with van der Waals surface area (Å²) >= 11 is 0. The van der Waals surface area contributed by atoms with Gasteiger partial charge in [-0.25, -0.2) is 0 Å². The topological polar surface area (TPSA) is 48.8 Å². The molecular weight excluding hydrogens is 162 g/mol. The van der Waals surface area contributed by atoms with Crippen LogP contribution in [0.1, 0.15) is 51.4 Å². The second kappa shape index (κ2) is 3.59. The minimum Gasteiger partial charge on any atom is -0.0870 e. The largest absolute Gasteiger partial charge is 0.0870 e. The quantitative estimate of drug-likeness (QED) is 0.334. The molecule has 2 saturated carbocycles. The summed E-state index contributed by atoms with van der Waals surface area (Å²) in [6.45, 7) is 0. The van der Waals surface area contributed by atoms with Gasteiger partial charge >= 0.3 is 0 Å². The van der Waals surface area contributed by atoms with Gasteiger partial charge in [0.15, 0.2) is 0 Å². The summed E-state index contributed by atoms with van der Waals surface area (Å²) in [5.74, 6) is 0.700. The summed E-state index contributed by atoms with van der Waals surface area (Å²) in [7, 11) is 0. The van der Waals surface area contributed by atoms with E-state index < -0.39 is 0 Å². The zero-order valence-electron chi connectivity index (χ0n) is 8.08. The summed E-state index contributed by atoms with van der Waals surface area (Å²) in [6, 6.07) is 0. The average Bonchev–Trinajstić information content (AvgIpc) is 2.18. The average molecular weight is 179 g/mol. The zero-order valence-corrected chi connectivity index (χ0v) is 8.08. The Labute approximate surface area is 79.1 Å². The Balaban J connectivity index is 2.20. The van der Waals surface area contributed by atoms with Gasteiger partial charge in [0.2, 0.25) is 0 Å². The molecule has 0 bridgehead atoms. The molecule has 0 N–H and O–H groups in total. The predicted molar refractivity (Wildman–Crippen MR) is 52.3 cm³/mol. The third-order valence-corrected chi connectivity index (χ3v) is 3.83. The van der Waals surface area contributed by atoms with E-state index in [4.69, 9.17) is 5.53 Å². The lowest BCUT2D eigenvalue weighted by atomic mass is 9.65. The van der Waals surface area contributed by atoms with Crippen molar-refractivity contribution in [2.45, 2.75) is 56.9 Å². The molecule has 0 saturated heterocycles. The van der Waals surface area contributed by atoms with Crippen molar-refractivity contribution in [3.63, 3.8) is 0 Å². The molecule has 2 rings (SSSR count). The van der Waals surface area contributed by atoms with Gasteiger partial charge in [-0.1, -0.05) is 30.8 Å². The summed E-state index contributed by atoms with van der Waals surface area (Å²) in [5.41, 5.74) is 8.64. The number of hydrogen-bond donors (Lipinski definition) is 0. The molecule has 2 fully saturated rings. The maximum Gasteiger partial charge on any atom is 0.0516 e. The van der Waals surface area contributed by atoms with Crippen LogP contribution in [0.15, 0.2) is 5.11 Å². The summed E-state index contributed by atoms with van der Waals surface area (Å²) in [5, 5.41) is 4.12.